The molecule has 0 spiro atoms. The molecule has 2 aromatic rings. The fraction of sp³-hybridized carbons (Fsp3) is 0.333. The van der Waals surface area contributed by atoms with E-state index in [9.17, 15) is 0 Å². The highest BCUT2D eigenvalue weighted by molar-refractivity contribution is 5.33. The van der Waals surface area contributed by atoms with E-state index in [1.165, 1.54) is 5.56 Å². The number of rotatable bonds is 5. The Balaban J connectivity index is 1.45. The van der Waals surface area contributed by atoms with E-state index in [1.807, 2.05) is 36.4 Å². The molecule has 0 aromatic heterocycles. The van der Waals surface area contributed by atoms with E-state index in [4.69, 9.17) is 9.47 Å². The lowest BCUT2D eigenvalue weighted by atomic mass is 10.2. The number of ether oxygens (including phenoxy) is 2. The van der Waals surface area contributed by atoms with Crippen molar-refractivity contribution in [1.29, 1.82) is 0 Å². The molecule has 0 saturated carbocycles. The van der Waals surface area contributed by atoms with E-state index in [0.717, 1.165) is 50.8 Å². The second-order valence-electron chi connectivity index (χ2n) is 5.25. The molecule has 3 heteroatoms. The average Bonchev–Trinajstić information content (AvgIpc) is 2.74. The number of benzene rings is 2. The molecule has 0 atom stereocenters. The summed E-state index contributed by atoms with van der Waals surface area (Å²) in [5.74, 6) is 1.97. The molecule has 0 fully saturated rings. The Labute approximate surface area is 126 Å². The summed E-state index contributed by atoms with van der Waals surface area (Å²) in [7, 11) is 0. The first kappa shape index (κ1) is 14.0. The first-order valence-electron chi connectivity index (χ1n) is 7.53. The van der Waals surface area contributed by atoms with Crippen molar-refractivity contribution in [3.05, 3.63) is 60.2 Å². The molecule has 3 nitrogen and oxygen atoms in total. The highest BCUT2D eigenvalue weighted by Crippen LogP contribution is 2.22. The molecule has 0 aliphatic carbocycles. The molecular weight excluding hydrogens is 262 g/mol. The maximum Gasteiger partial charge on any atom is 0.123 e. The summed E-state index contributed by atoms with van der Waals surface area (Å²) in [6.45, 7) is 4.48. The quantitative estimate of drug-likeness (QED) is 0.785. The van der Waals surface area contributed by atoms with Crippen LogP contribution in [0.2, 0.25) is 0 Å². The van der Waals surface area contributed by atoms with E-state index in [1.54, 1.807) is 0 Å². The summed E-state index contributed by atoms with van der Waals surface area (Å²) >= 11 is 0. The molecule has 21 heavy (non-hydrogen) atoms. The minimum absolute atomic E-state index is 0.753. The molecule has 110 valence electrons. The lowest BCUT2D eigenvalue weighted by Crippen LogP contribution is -2.27. The maximum atomic E-state index is 5.78. The van der Waals surface area contributed by atoms with Crippen LogP contribution in [0.4, 0.5) is 0 Å². The molecule has 3 rings (SSSR count). The van der Waals surface area contributed by atoms with Gasteiger partial charge in [-0.3, -0.25) is 4.90 Å². The van der Waals surface area contributed by atoms with Crippen molar-refractivity contribution in [2.24, 2.45) is 0 Å². The Hall–Kier alpha value is -2.00. The highest BCUT2D eigenvalue weighted by atomic mass is 16.5. The Morgan fingerprint density at radius 2 is 1.81 bits per heavy atom. The normalized spacial score (nSPS) is 14.9. The second-order valence-corrected chi connectivity index (χ2v) is 5.25. The largest absolute Gasteiger partial charge is 0.494 e. The van der Waals surface area contributed by atoms with Crippen molar-refractivity contribution in [3.8, 4) is 11.5 Å². The van der Waals surface area contributed by atoms with Crippen molar-refractivity contribution in [2.45, 2.75) is 13.0 Å². The smallest absolute Gasteiger partial charge is 0.123 e. The van der Waals surface area contributed by atoms with Gasteiger partial charge in [0.05, 0.1) is 6.61 Å². The SMILES string of the molecule is c1ccc(OCCCN2CCOc3ccccc3C2)cc1. The fourth-order valence-corrected chi connectivity index (χ4v) is 2.57. The van der Waals surface area contributed by atoms with E-state index in [2.05, 4.69) is 23.1 Å². The Bertz CT molecular complexity index is 556. The van der Waals surface area contributed by atoms with E-state index in [0.29, 0.717) is 0 Å². The lowest BCUT2D eigenvalue weighted by Gasteiger charge is -2.19. The molecule has 1 aliphatic rings. The molecule has 0 radical (unpaired) electrons. The van der Waals surface area contributed by atoms with Gasteiger partial charge in [0, 0.05) is 25.2 Å². The van der Waals surface area contributed by atoms with Gasteiger partial charge in [-0.15, -0.1) is 0 Å². The van der Waals surface area contributed by atoms with Crippen LogP contribution in [0.15, 0.2) is 54.6 Å². The van der Waals surface area contributed by atoms with Gasteiger partial charge in [0.1, 0.15) is 18.1 Å². The molecular formula is C18H21NO2. The number of para-hydroxylation sites is 2. The van der Waals surface area contributed by atoms with Gasteiger partial charge in [0.2, 0.25) is 0 Å². The maximum absolute atomic E-state index is 5.78. The van der Waals surface area contributed by atoms with Crippen molar-refractivity contribution < 1.29 is 9.47 Å². The summed E-state index contributed by atoms with van der Waals surface area (Å²) in [5.41, 5.74) is 1.28. The van der Waals surface area contributed by atoms with Crippen molar-refractivity contribution >= 4 is 0 Å². The number of fused-ring (bicyclic) bond motifs is 1. The average molecular weight is 283 g/mol. The fourth-order valence-electron chi connectivity index (χ4n) is 2.57. The topological polar surface area (TPSA) is 21.7 Å². The predicted octanol–water partition coefficient (Wildman–Crippen LogP) is 3.35. The van der Waals surface area contributed by atoms with Crippen LogP contribution in [-0.2, 0) is 6.54 Å². The summed E-state index contributed by atoms with van der Waals surface area (Å²) in [4.78, 5) is 2.43. The third-order valence-corrected chi connectivity index (χ3v) is 3.66. The Morgan fingerprint density at radius 1 is 1.00 bits per heavy atom. The number of hydrogen-bond acceptors (Lipinski definition) is 3. The molecule has 0 unspecified atom stereocenters. The van der Waals surface area contributed by atoms with Gasteiger partial charge in [-0.05, 0) is 24.6 Å². The molecule has 1 heterocycles. The number of hydrogen-bond donors (Lipinski definition) is 0. The van der Waals surface area contributed by atoms with Gasteiger partial charge >= 0.3 is 0 Å². The molecule has 2 aromatic carbocycles. The van der Waals surface area contributed by atoms with Crippen LogP contribution in [0.1, 0.15) is 12.0 Å². The zero-order chi connectivity index (χ0) is 14.3. The molecule has 0 saturated heterocycles. The summed E-state index contributed by atoms with van der Waals surface area (Å²) in [6.07, 6.45) is 1.02. The Morgan fingerprint density at radius 3 is 2.71 bits per heavy atom. The lowest BCUT2D eigenvalue weighted by molar-refractivity contribution is 0.206. The molecule has 0 N–H and O–H groups in total. The zero-order valence-corrected chi connectivity index (χ0v) is 12.2. The van der Waals surface area contributed by atoms with Crippen LogP contribution in [-0.4, -0.2) is 31.2 Å². The van der Waals surface area contributed by atoms with Crippen LogP contribution in [0.5, 0.6) is 11.5 Å². The van der Waals surface area contributed by atoms with Crippen molar-refractivity contribution in [3.63, 3.8) is 0 Å². The van der Waals surface area contributed by atoms with Crippen LogP contribution < -0.4 is 9.47 Å². The van der Waals surface area contributed by atoms with E-state index in [-0.39, 0.29) is 0 Å². The van der Waals surface area contributed by atoms with Gasteiger partial charge < -0.3 is 9.47 Å². The van der Waals surface area contributed by atoms with Gasteiger partial charge in [0.15, 0.2) is 0 Å². The third-order valence-electron chi connectivity index (χ3n) is 3.66. The van der Waals surface area contributed by atoms with E-state index >= 15 is 0 Å². The van der Waals surface area contributed by atoms with Crippen LogP contribution in [0.3, 0.4) is 0 Å². The van der Waals surface area contributed by atoms with Gasteiger partial charge in [-0.2, -0.15) is 0 Å². The molecule has 0 bridgehead atoms. The molecule has 0 amide bonds. The third kappa shape index (κ3) is 3.99. The van der Waals surface area contributed by atoms with E-state index < -0.39 is 0 Å². The predicted molar refractivity (Wildman–Crippen MR) is 83.8 cm³/mol. The van der Waals surface area contributed by atoms with Crippen LogP contribution in [0, 0.1) is 0 Å². The first-order valence-corrected chi connectivity index (χ1v) is 7.53. The minimum Gasteiger partial charge on any atom is -0.494 e. The van der Waals surface area contributed by atoms with Crippen molar-refractivity contribution in [1.82, 2.24) is 4.90 Å². The zero-order valence-electron chi connectivity index (χ0n) is 12.2. The van der Waals surface area contributed by atoms with Gasteiger partial charge in [-0.25, -0.2) is 0 Å². The monoisotopic (exact) mass is 283 g/mol. The molecule has 1 aliphatic heterocycles. The summed E-state index contributed by atoms with van der Waals surface area (Å²) < 4.78 is 11.5. The Kier molecular flexibility index (Phi) is 4.74. The summed E-state index contributed by atoms with van der Waals surface area (Å²) in [6, 6.07) is 18.3. The first-order chi connectivity index (χ1) is 10.4. The van der Waals surface area contributed by atoms with Gasteiger partial charge in [0.25, 0.3) is 0 Å². The number of nitrogens with zero attached hydrogens (tertiary/aromatic N) is 1. The van der Waals surface area contributed by atoms with Gasteiger partial charge in [-0.1, -0.05) is 36.4 Å². The standard InChI is InChI=1S/C18H21NO2/c1-2-8-17(9-3-1)20-13-6-11-19-12-14-21-18-10-5-4-7-16(18)15-19/h1-5,7-10H,6,11-15H2. The van der Waals surface area contributed by atoms with Crippen LogP contribution >= 0.6 is 0 Å². The highest BCUT2D eigenvalue weighted by Gasteiger charge is 2.14. The second kappa shape index (κ2) is 7.14. The van der Waals surface area contributed by atoms with Crippen molar-refractivity contribution in [2.75, 3.05) is 26.3 Å². The minimum atomic E-state index is 0.753. The van der Waals surface area contributed by atoms with Crippen LogP contribution in [0.25, 0.3) is 0 Å². The summed E-state index contributed by atoms with van der Waals surface area (Å²) in [5, 5.41) is 0.